The van der Waals surface area contributed by atoms with E-state index in [4.69, 9.17) is 16.1 Å². The normalized spacial score (nSPS) is 11.6. The number of benzene rings is 2. The summed E-state index contributed by atoms with van der Waals surface area (Å²) >= 11 is 5.89. The van der Waals surface area contributed by atoms with Gasteiger partial charge >= 0.3 is 0 Å². The predicted molar refractivity (Wildman–Crippen MR) is 88.9 cm³/mol. The van der Waals surface area contributed by atoms with Gasteiger partial charge in [-0.05, 0) is 35.2 Å². The van der Waals surface area contributed by atoms with Gasteiger partial charge in [0, 0.05) is 16.1 Å². The maximum Gasteiger partial charge on any atom is 0.258 e. The molecule has 0 spiro atoms. The van der Waals surface area contributed by atoms with Crippen molar-refractivity contribution in [2.24, 2.45) is 0 Å². The van der Waals surface area contributed by atoms with Crippen molar-refractivity contribution in [3.05, 3.63) is 59.1 Å². The standard InChI is InChI=1S/C18H17ClN2O/c1-18(2,3)14-8-4-12(5-9-14)16-20-17(22-21-16)13-6-10-15(19)11-7-13/h4-11H,1-3H3. The van der Waals surface area contributed by atoms with E-state index in [-0.39, 0.29) is 5.41 Å². The summed E-state index contributed by atoms with van der Waals surface area (Å²) in [6.07, 6.45) is 0. The van der Waals surface area contributed by atoms with Gasteiger partial charge in [-0.2, -0.15) is 4.98 Å². The van der Waals surface area contributed by atoms with Gasteiger partial charge in [-0.3, -0.25) is 0 Å². The average Bonchev–Trinajstić information content (AvgIpc) is 2.97. The first kappa shape index (κ1) is 14.8. The van der Waals surface area contributed by atoms with Crippen LogP contribution in [0.5, 0.6) is 0 Å². The highest BCUT2D eigenvalue weighted by Gasteiger charge is 2.15. The Kier molecular flexibility index (Phi) is 3.75. The van der Waals surface area contributed by atoms with Gasteiger partial charge in [0.25, 0.3) is 5.89 Å². The Morgan fingerprint density at radius 2 is 1.45 bits per heavy atom. The molecule has 22 heavy (non-hydrogen) atoms. The molecule has 4 heteroatoms. The molecule has 0 bridgehead atoms. The van der Waals surface area contributed by atoms with Crippen LogP contribution in [0.4, 0.5) is 0 Å². The summed E-state index contributed by atoms with van der Waals surface area (Å²) in [5.41, 5.74) is 3.20. The summed E-state index contributed by atoms with van der Waals surface area (Å²) in [7, 11) is 0. The van der Waals surface area contributed by atoms with Gasteiger partial charge in [0.2, 0.25) is 5.82 Å². The molecule has 3 aromatic rings. The van der Waals surface area contributed by atoms with E-state index in [1.807, 2.05) is 24.3 Å². The van der Waals surface area contributed by atoms with Gasteiger partial charge < -0.3 is 4.52 Å². The minimum atomic E-state index is 0.129. The lowest BCUT2D eigenvalue weighted by atomic mass is 9.87. The molecule has 0 aliphatic rings. The Balaban J connectivity index is 1.89. The molecule has 0 aliphatic heterocycles. The minimum Gasteiger partial charge on any atom is -0.334 e. The fourth-order valence-electron chi connectivity index (χ4n) is 2.17. The Labute approximate surface area is 134 Å². The lowest BCUT2D eigenvalue weighted by molar-refractivity contribution is 0.432. The van der Waals surface area contributed by atoms with Crippen LogP contribution in [-0.4, -0.2) is 10.1 Å². The van der Waals surface area contributed by atoms with E-state index in [1.54, 1.807) is 12.1 Å². The van der Waals surface area contributed by atoms with Crippen LogP contribution in [0.3, 0.4) is 0 Å². The summed E-state index contributed by atoms with van der Waals surface area (Å²) in [4.78, 5) is 4.45. The molecular formula is C18H17ClN2O. The summed E-state index contributed by atoms with van der Waals surface area (Å²) in [5.74, 6) is 1.08. The first-order valence-electron chi connectivity index (χ1n) is 7.14. The van der Waals surface area contributed by atoms with Crippen molar-refractivity contribution >= 4 is 11.6 Å². The Morgan fingerprint density at radius 3 is 2.05 bits per heavy atom. The summed E-state index contributed by atoms with van der Waals surface area (Å²) in [5, 5.41) is 4.74. The highest BCUT2D eigenvalue weighted by molar-refractivity contribution is 6.30. The van der Waals surface area contributed by atoms with Crippen molar-refractivity contribution in [3.8, 4) is 22.8 Å². The van der Waals surface area contributed by atoms with Gasteiger partial charge in [-0.1, -0.05) is 61.8 Å². The van der Waals surface area contributed by atoms with Crippen LogP contribution in [0.15, 0.2) is 53.1 Å². The molecule has 1 heterocycles. The third-order valence-corrected chi connectivity index (χ3v) is 3.78. The number of hydrogen-bond donors (Lipinski definition) is 0. The van der Waals surface area contributed by atoms with Crippen molar-refractivity contribution in [1.82, 2.24) is 10.1 Å². The van der Waals surface area contributed by atoms with Gasteiger partial charge in [0.05, 0.1) is 0 Å². The topological polar surface area (TPSA) is 38.9 Å². The molecule has 0 fully saturated rings. The zero-order chi connectivity index (χ0) is 15.7. The van der Waals surface area contributed by atoms with Crippen LogP contribution in [0.2, 0.25) is 5.02 Å². The number of rotatable bonds is 2. The van der Waals surface area contributed by atoms with Crippen molar-refractivity contribution < 1.29 is 4.52 Å². The molecule has 0 N–H and O–H groups in total. The van der Waals surface area contributed by atoms with E-state index in [9.17, 15) is 0 Å². The summed E-state index contributed by atoms with van der Waals surface area (Å²) in [6, 6.07) is 15.6. The Morgan fingerprint density at radius 1 is 0.864 bits per heavy atom. The first-order valence-corrected chi connectivity index (χ1v) is 7.52. The molecule has 0 unspecified atom stereocenters. The largest absolute Gasteiger partial charge is 0.334 e. The van der Waals surface area contributed by atoms with Gasteiger partial charge in [-0.15, -0.1) is 0 Å². The van der Waals surface area contributed by atoms with Crippen molar-refractivity contribution in [2.45, 2.75) is 26.2 Å². The van der Waals surface area contributed by atoms with Gasteiger partial charge in [0.1, 0.15) is 0 Å². The fourth-order valence-corrected chi connectivity index (χ4v) is 2.30. The Bertz CT molecular complexity index is 768. The summed E-state index contributed by atoms with van der Waals surface area (Å²) < 4.78 is 5.34. The van der Waals surface area contributed by atoms with Crippen LogP contribution in [-0.2, 0) is 5.41 Å². The highest BCUT2D eigenvalue weighted by Crippen LogP contribution is 2.26. The number of halogens is 1. The minimum absolute atomic E-state index is 0.129. The first-order chi connectivity index (χ1) is 10.4. The highest BCUT2D eigenvalue weighted by atomic mass is 35.5. The van der Waals surface area contributed by atoms with Crippen LogP contribution in [0.25, 0.3) is 22.8 Å². The molecule has 0 amide bonds. The second-order valence-corrected chi connectivity index (χ2v) is 6.69. The third-order valence-electron chi connectivity index (χ3n) is 3.53. The van der Waals surface area contributed by atoms with E-state index in [2.05, 4.69) is 43.0 Å². The third kappa shape index (κ3) is 3.04. The molecule has 112 valence electrons. The quantitative estimate of drug-likeness (QED) is 0.640. The molecule has 0 aliphatic carbocycles. The predicted octanol–water partition coefficient (Wildman–Crippen LogP) is 5.35. The molecule has 0 atom stereocenters. The SMILES string of the molecule is CC(C)(C)c1ccc(-c2noc(-c3ccc(Cl)cc3)n2)cc1. The summed E-state index contributed by atoms with van der Waals surface area (Å²) in [6.45, 7) is 6.57. The lowest BCUT2D eigenvalue weighted by Gasteiger charge is -2.18. The monoisotopic (exact) mass is 312 g/mol. The van der Waals surface area contributed by atoms with Crippen molar-refractivity contribution in [3.63, 3.8) is 0 Å². The van der Waals surface area contributed by atoms with Crippen LogP contribution in [0, 0.1) is 0 Å². The second-order valence-electron chi connectivity index (χ2n) is 6.26. The number of hydrogen-bond acceptors (Lipinski definition) is 3. The van der Waals surface area contributed by atoms with Crippen LogP contribution >= 0.6 is 11.6 Å². The molecule has 3 rings (SSSR count). The van der Waals surface area contributed by atoms with Crippen LogP contribution < -0.4 is 0 Å². The van der Waals surface area contributed by atoms with E-state index < -0.39 is 0 Å². The Hall–Kier alpha value is -2.13. The van der Waals surface area contributed by atoms with E-state index in [0.717, 1.165) is 11.1 Å². The molecule has 0 radical (unpaired) electrons. The molecule has 0 saturated heterocycles. The number of nitrogens with zero attached hydrogens (tertiary/aromatic N) is 2. The van der Waals surface area contributed by atoms with Crippen molar-refractivity contribution in [1.29, 1.82) is 0 Å². The maximum absolute atomic E-state index is 5.89. The van der Waals surface area contributed by atoms with E-state index >= 15 is 0 Å². The number of aromatic nitrogens is 2. The molecule has 0 saturated carbocycles. The second kappa shape index (κ2) is 5.58. The van der Waals surface area contributed by atoms with Gasteiger partial charge in [-0.25, -0.2) is 0 Å². The fraction of sp³-hybridized carbons (Fsp3) is 0.222. The molecule has 3 nitrogen and oxygen atoms in total. The molecule has 2 aromatic carbocycles. The van der Waals surface area contributed by atoms with Crippen LogP contribution in [0.1, 0.15) is 26.3 Å². The zero-order valence-corrected chi connectivity index (χ0v) is 13.6. The lowest BCUT2D eigenvalue weighted by Crippen LogP contribution is -2.10. The van der Waals surface area contributed by atoms with Crippen molar-refractivity contribution in [2.75, 3.05) is 0 Å². The molecule has 1 aromatic heterocycles. The van der Waals surface area contributed by atoms with Gasteiger partial charge in [0.15, 0.2) is 0 Å². The molecular weight excluding hydrogens is 296 g/mol. The smallest absolute Gasteiger partial charge is 0.258 e. The average molecular weight is 313 g/mol. The van der Waals surface area contributed by atoms with E-state index in [0.29, 0.717) is 16.7 Å². The zero-order valence-electron chi connectivity index (χ0n) is 12.8. The maximum atomic E-state index is 5.89. The van der Waals surface area contributed by atoms with E-state index in [1.165, 1.54) is 5.56 Å².